The number of hydrogen-bond donors (Lipinski definition) is 0. The van der Waals surface area contributed by atoms with E-state index in [0.717, 1.165) is 48.3 Å². The number of carbonyl (C=O) groups excluding carboxylic acids is 1. The normalized spacial score (nSPS) is 28.9. The van der Waals surface area contributed by atoms with E-state index in [1.54, 1.807) is 4.57 Å². The molecule has 1 aromatic heterocycles. The van der Waals surface area contributed by atoms with Crippen LogP contribution >= 0.6 is 0 Å². The number of nitrogens with zero attached hydrogens (tertiary/aromatic N) is 2. The summed E-state index contributed by atoms with van der Waals surface area (Å²) in [5.74, 6) is 3.05. The lowest BCUT2D eigenvalue weighted by atomic mass is 9.48. The van der Waals surface area contributed by atoms with Gasteiger partial charge in [0.05, 0.1) is 23.0 Å². The van der Waals surface area contributed by atoms with E-state index in [1.807, 2.05) is 55.5 Å². The number of ketones is 1. The summed E-state index contributed by atoms with van der Waals surface area (Å²) in [5, 5.41) is 0.594. The second-order valence-corrected chi connectivity index (χ2v) is 10.3. The molecule has 4 fully saturated rings. The van der Waals surface area contributed by atoms with Crippen molar-refractivity contribution in [1.82, 2.24) is 9.55 Å². The van der Waals surface area contributed by atoms with Crippen LogP contribution in [0.15, 0.2) is 53.3 Å². The van der Waals surface area contributed by atoms with E-state index in [9.17, 15) is 9.59 Å². The molecule has 0 N–H and O–H groups in total. The van der Waals surface area contributed by atoms with Crippen molar-refractivity contribution in [1.29, 1.82) is 0 Å². The molecule has 4 aliphatic rings. The molecule has 158 valence electrons. The third-order valence-corrected chi connectivity index (χ3v) is 8.15. The minimum atomic E-state index is -0.186. The number of aromatic nitrogens is 2. The zero-order valence-corrected chi connectivity index (χ0v) is 18.0. The molecular formula is C27H28N2O2. The van der Waals surface area contributed by atoms with Gasteiger partial charge in [0.2, 0.25) is 0 Å². The van der Waals surface area contributed by atoms with Crippen LogP contribution in [0.25, 0.3) is 16.6 Å². The highest BCUT2D eigenvalue weighted by Gasteiger charge is 2.54. The van der Waals surface area contributed by atoms with Crippen molar-refractivity contribution in [3.05, 3.63) is 70.3 Å². The molecule has 0 aliphatic heterocycles. The zero-order chi connectivity index (χ0) is 21.2. The molecule has 0 unspecified atom stereocenters. The van der Waals surface area contributed by atoms with Gasteiger partial charge in [0.15, 0.2) is 0 Å². The third-order valence-electron chi connectivity index (χ3n) is 8.15. The van der Waals surface area contributed by atoms with Gasteiger partial charge in [0.1, 0.15) is 11.6 Å². The highest BCUT2D eigenvalue weighted by Crippen LogP contribution is 2.60. The lowest BCUT2D eigenvalue weighted by molar-refractivity contribution is -0.143. The molecule has 3 aromatic rings. The van der Waals surface area contributed by atoms with E-state index in [-0.39, 0.29) is 17.4 Å². The Morgan fingerprint density at radius 2 is 1.58 bits per heavy atom. The monoisotopic (exact) mass is 412 g/mol. The Morgan fingerprint density at radius 1 is 0.968 bits per heavy atom. The second kappa shape index (κ2) is 6.88. The summed E-state index contributed by atoms with van der Waals surface area (Å²) in [4.78, 5) is 32.2. The topological polar surface area (TPSA) is 52.0 Å². The molecule has 1 heterocycles. The third kappa shape index (κ3) is 2.99. The highest BCUT2D eigenvalue weighted by atomic mass is 16.1. The van der Waals surface area contributed by atoms with Crippen molar-refractivity contribution in [3.8, 4) is 5.69 Å². The number of rotatable bonds is 4. The van der Waals surface area contributed by atoms with Crippen LogP contribution in [-0.4, -0.2) is 15.3 Å². The van der Waals surface area contributed by atoms with Gasteiger partial charge in [-0.15, -0.1) is 0 Å². The average Bonchev–Trinajstić information content (AvgIpc) is 2.74. The molecule has 7 rings (SSSR count). The Hall–Kier alpha value is -2.75. The van der Waals surface area contributed by atoms with Gasteiger partial charge in [-0.2, -0.15) is 0 Å². The molecule has 4 saturated carbocycles. The molecule has 4 bridgehead atoms. The Kier molecular flexibility index (Phi) is 4.21. The maximum absolute atomic E-state index is 13.8. The lowest BCUT2D eigenvalue weighted by Gasteiger charge is -2.56. The summed E-state index contributed by atoms with van der Waals surface area (Å²) in [6, 6.07) is 15.3. The van der Waals surface area contributed by atoms with E-state index >= 15 is 0 Å². The zero-order valence-electron chi connectivity index (χ0n) is 18.0. The molecular weight excluding hydrogens is 384 g/mol. The molecule has 0 amide bonds. The fraction of sp³-hybridized carbons (Fsp3) is 0.444. The van der Waals surface area contributed by atoms with Gasteiger partial charge in [-0.25, -0.2) is 4.98 Å². The van der Waals surface area contributed by atoms with Crippen molar-refractivity contribution < 1.29 is 4.79 Å². The Labute approximate surface area is 182 Å². The summed E-state index contributed by atoms with van der Waals surface area (Å²) in [6.07, 6.45) is 7.30. The first-order valence-electron chi connectivity index (χ1n) is 11.6. The van der Waals surface area contributed by atoms with Gasteiger partial charge in [-0.05, 0) is 87.0 Å². The number of Topliss-reactive ketones (excluding diaryl/α,β-unsaturated/α-hetero) is 1. The number of carbonyl (C=O) groups is 1. The summed E-state index contributed by atoms with van der Waals surface area (Å²) in [7, 11) is 0. The smallest absolute Gasteiger partial charge is 0.265 e. The van der Waals surface area contributed by atoms with E-state index in [1.165, 1.54) is 19.3 Å². The SMILES string of the molecule is Cc1ccccc1-n1c(CC(=O)C23CC4CC(CC(C4)C2)C3)nc2ccccc2c1=O. The molecule has 0 spiro atoms. The number of aryl methyl sites for hydroxylation is 1. The van der Waals surface area contributed by atoms with Crippen LogP contribution in [0.1, 0.15) is 49.9 Å². The van der Waals surface area contributed by atoms with Gasteiger partial charge in [-0.1, -0.05) is 30.3 Å². The first-order valence-corrected chi connectivity index (χ1v) is 11.6. The van der Waals surface area contributed by atoms with Crippen molar-refractivity contribution >= 4 is 16.7 Å². The largest absolute Gasteiger partial charge is 0.299 e. The van der Waals surface area contributed by atoms with Crippen molar-refractivity contribution in [2.24, 2.45) is 23.2 Å². The summed E-state index contributed by atoms with van der Waals surface area (Å²) < 4.78 is 1.69. The molecule has 2 aromatic carbocycles. The van der Waals surface area contributed by atoms with E-state index in [2.05, 4.69) is 0 Å². The van der Waals surface area contributed by atoms with Crippen LogP contribution in [0.3, 0.4) is 0 Å². The predicted octanol–water partition coefficient (Wildman–Crippen LogP) is 5.02. The van der Waals surface area contributed by atoms with Crippen LogP contribution in [0.2, 0.25) is 0 Å². The van der Waals surface area contributed by atoms with Gasteiger partial charge < -0.3 is 0 Å². The van der Waals surface area contributed by atoms with Crippen molar-refractivity contribution in [3.63, 3.8) is 0 Å². The molecule has 4 aliphatic carbocycles. The van der Waals surface area contributed by atoms with E-state index in [0.29, 0.717) is 22.5 Å². The first-order chi connectivity index (χ1) is 15.0. The van der Waals surface area contributed by atoms with Gasteiger partial charge in [-0.3, -0.25) is 14.2 Å². The second-order valence-electron chi connectivity index (χ2n) is 10.3. The number of fused-ring (bicyclic) bond motifs is 1. The van der Waals surface area contributed by atoms with Gasteiger partial charge in [0, 0.05) is 5.41 Å². The Bertz CT molecular complexity index is 1220. The Morgan fingerprint density at radius 3 is 2.26 bits per heavy atom. The minimum absolute atomic E-state index is 0.0896. The molecule has 0 saturated heterocycles. The summed E-state index contributed by atoms with van der Waals surface area (Å²) >= 11 is 0. The number of para-hydroxylation sites is 2. The maximum Gasteiger partial charge on any atom is 0.265 e. The molecule has 4 nitrogen and oxygen atoms in total. The molecule has 0 radical (unpaired) electrons. The van der Waals surface area contributed by atoms with Crippen LogP contribution in [0.4, 0.5) is 0 Å². The molecule has 0 atom stereocenters. The van der Waals surface area contributed by atoms with Crippen LogP contribution < -0.4 is 5.56 Å². The fourth-order valence-electron chi connectivity index (χ4n) is 7.14. The van der Waals surface area contributed by atoms with E-state index in [4.69, 9.17) is 4.98 Å². The quantitative estimate of drug-likeness (QED) is 0.604. The van der Waals surface area contributed by atoms with Crippen LogP contribution in [0, 0.1) is 30.1 Å². The highest BCUT2D eigenvalue weighted by molar-refractivity contribution is 5.87. The predicted molar refractivity (Wildman–Crippen MR) is 121 cm³/mol. The number of benzene rings is 2. The van der Waals surface area contributed by atoms with Crippen molar-refractivity contribution in [2.45, 2.75) is 51.9 Å². The van der Waals surface area contributed by atoms with Crippen LogP contribution in [0.5, 0.6) is 0 Å². The Balaban J connectivity index is 1.47. The average molecular weight is 413 g/mol. The lowest BCUT2D eigenvalue weighted by Crippen LogP contribution is -2.50. The minimum Gasteiger partial charge on any atom is -0.299 e. The fourth-order valence-corrected chi connectivity index (χ4v) is 7.14. The first kappa shape index (κ1) is 19.0. The van der Waals surface area contributed by atoms with Gasteiger partial charge >= 0.3 is 0 Å². The van der Waals surface area contributed by atoms with Crippen molar-refractivity contribution in [2.75, 3.05) is 0 Å². The van der Waals surface area contributed by atoms with Gasteiger partial charge in [0.25, 0.3) is 5.56 Å². The standard InChI is InChI=1S/C27H28N2O2/c1-17-6-2-5-9-23(17)29-25(28-22-8-4-3-7-21(22)26(29)31)13-24(30)27-14-18-10-19(15-27)12-20(11-18)16-27/h2-9,18-20H,10-16H2,1H3. The summed E-state index contributed by atoms with van der Waals surface area (Å²) in [5.41, 5.74) is 2.22. The van der Waals surface area contributed by atoms with Crippen LogP contribution in [-0.2, 0) is 11.2 Å². The molecule has 4 heteroatoms. The molecule has 31 heavy (non-hydrogen) atoms. The maximum atomic E-state index is 13.8. The summed E-state index contributed by atoms with van der Waals surface area (Å²) in [6.45, 7) is 2.00. The van der Waals surface area contributed by atoms with E-state index < -0.39 is 0 Å². The number of hydrogen-bond acceptors (Lipinski definition) is 3.